The van der Waals surface area contributed by atoms with E-state index < -0.39 is 24.6 Å². The fourth-order valence-electron chi connectivity index (χ4n) is 3.34. The number of morpholine rings is 1. The van der Waals surface area contributed by atoms with Crippen molar-refractivity contribution < 1.29 is 19.4 Å². The van der Waals surface area contributed by atoms with Crippen LogP contribution in [0.15, 0.2) is 24.3 Å². The second-order valence-corrected chi connectivity index (χ2v) is 8.20. The molecule has 7 N–H and O–H groups in total. The lowest BCUT2D eigenvalue weighted by molar-refractivity contribution is -0.131. The standard InChI is InChI=1S/C22H36N6O4.ClH/c1-15(2)19(22(31)25-7-8-28-9-11-32-12-10-28)27-21(30)18(14-29)26-13-16-3-5-17(6-4-16)20(23)24;/h3-6,15,18-19,26,29H,7-14H2,1-2H3,(H3,23,24)(H,25,31)(H,27,30);1H. The van der Waals surface area contributed by atoms with Gasteiger partial charge in [-0.15, -0.1) is 12.4 Å². The number of nitrogens with zero attached hydrogens (tertiary/aromatic N) is 1. The number of rotatable bonds is 12. The van der Waals surface area contributed by atoms with Gasteiger partial charge in [-0.25, -0.2) is 0 Å². The molecule has 1 saturated heterocycles. The van der Waals surface area contributed by atoms with Crippen LogP contribution in [-0.4, -0.2) is 85.7 Å². The normalized spacial score (nSPS) is 15.9. The van der Waals surface area contributed by atoms with E-state index in [1.165, 1.54) is 0 Å². The molecule has 0 saturated carbocycles. The summed E-state index contributed by atoms with van der Waals surface area (Å²) in [5.74, 6) is -0.797. The predicted octanol–water partition coefficient (Wildman–Crippen LogP) is -0.568. The number of carbonyl (C=O) groups excluding carboxylic acids is 2. The van der Waals surface area contributed by atoms with Crippen LogP contribution in [0.25, 0.3) is 0 Å². The Morgan fingerprint density at radius 3 is 2.36 bits per heavy atom. The minimum atomic E-state index is -0.857. The van der Waals surface area contributed by atoms with Crippen LogP contribution in [0.2, 0.25) is 0 Å². The first-order valence-corrected chi connectivity index (χ1v) is 11.0. The summed E-state index contributed by atoms with van der Waals surface area (Å²) in [6, 6.07) is 5.50. The number of aliphatic hydroxyl groups excluding tert-OH is 1. The molecule has 2 unspecified atom stereocenters. The monoisotopic (exact) mass is 484 g/mol. The number of carbonyl (C=O) groups is 2. The van der Waals surface area contributed by atoms with Crippen molar-refractivity contribution in [3.05, 3.63) is 35.4 Å². The molecule has 2 atom stereocenters. The van der Waals surface area contributed by atoms with Crippen LogP contribution < -0.4 is 21.7 Å². The average Bonchev–Trinajstić information content (AvgIpc) is 2.78. The first kappa shape index (κ1) is 28.8. The number of amidine groups is 1. The molecule has 1 aliphatic rings. The highest BCUT2D eigenvalue weighted by Crippen LogP contribution is 2.06. The van der Waals surface area contributed by atoms with Gasteiger partial charge in [0.15, 0.2) is 0 Å². The molecule has 33 heavy (non-hydrogen) atoms. The molecule has 1 aromatic carbocycles. The topological polar surface area (TPSA) is 153 Å². The zero-order valence-corrected chi connectivity index (χ0v) is 20.1. The van der Waals surface area contributed by atoms with Crippen molar-refractivity contribution in [2.45, 2.75) is 32.5 Å². The van der Waals surface area contributed by atoms with Crippen molar-refractivity contribution in [1.82, 2.24) is 20.9 Å². The van der Waals surface area contributed by atoms with Gasteiger partial charge in [-0.1, -0.05) is 38.1 Å². The Morgan fingerprint density at radius 2 is 1.82 bits per heavy atom. The Balaban J connectivity index is 0.00000544. The third-order valence-corrected chi connectivity index (χ3v) is 5.39. The van der Waals surface area contributed by atoms with Gasteiger partial charge in [-0.3, -0.25) is 25.2 Å². The van der Waals surface area contributed by atoms with Gasteiger partial charge in [-0.2, -0.15) is 0 Å². The van der Waals surface area contributed by atoms with Crippen molar-refractivity contribution in [1.29, 1.82) is 5.41 Å². The second kappa shape index (κ2) is 14.8. The van der Waals surface area contributed by atoms with E-state index in [4.69, 9.17) is 15.9 Å². The summed E-state index contributed by atoms with van der Waals surface area (Å²) in [5.41, 5.74) is 6.94. The Hall–Kier alpha value is -2.24. The van der Waals surface area contributed by atoms with E-state index >= 15 is 0 Å². The first-order valence-electron chi connectivity index (χ1n) is 11.0. The van der Waals surface area contributed by atoms with Crippen molar-refractivity contribution in [2.75, 3.05) is 46.0 Å². The maximum Gasteiger partial charge on any atom is 0.242 e. The summed E-state index contributed by atoms with van der Waals surface area (Å²) in [6.07, 6.45) is 0. The predicted molar refractivity (Wildman–Crippen MR) is 129 cm³/mol. The van der Waals surface area contributed by atoms with E-state index in [1.54, 1.807) is 24.3 Å². The van der Waals surface area contributed by atoms with Crippen LogP contribution in [0.3, 0.4) is 0 Å². The summed E-state index contributed by atoms with van der Waals surface area (Å²) in [4.78, 5) is 27.6. The Morgan fingerprint density at radius 1 is 1.18 bits per heavy atom. The number of aliphatic hydroxyl groups is 1. The average molecular weight is 485 g/mol. The molecule has 2 amide bonds. The summed E-state index contributed by atoms with van der Waals surface area (Å²) in [7, 11) is 0. The van der Waals surface area contributed by atoms with E-state index in [1.807, 2.05) is 13.8 Å². The van der Waals surface area contributed by atoms with Crippen LogP contribution in [-0.2, 0) is 20.9 Å². The third kappa shape index (κ3) is 9.65. The Labute approximate surface area is 201 Å². The summed E-state index contributed by atoms with van der Waals surface area (Å²) >= 11 is 0. The van der Waals surface area contributed by atoms with Crippen LogP contribution >= 0.6 is 12.4 Å². The lowest BCUT2D eigenvalue weighted by Crippen LogP contribution is -2.56. The smallest absolute Gasteiger partial charge is 0.242 e. The fourth-order valence-corrected chi connectivity index (χ4v) is 3.34. The number of hydrogen-bond acceptors (Lipinski definition) is 7. The quantitative estimate of drug-likeness (QED) is 0.171. The molecule has 0 aromatic heterocycles. The maximum atomic E-state index is 12.7. The molecule has 11 heteroatoms. The number of halogens is 1. The van der Waals surface area contributed by atoms with E-state index in [0.29, 0.717) is 31.9 Å². The highest BCUT2D eigenvalue weighted by atomic mass is 35.5. The van der Waals surface area contributed by atoms with Gasteiger partial charge in [0.05, 0.1) is 19.8 Å². The molecule has 1 heterocycles. The van der Waals surface area contributed by atoms with E-state index in [-0.39, 0.29) is 30.1 Å². The zero-order valence-electron chi connectivity index (χ0n) is 19.3. The van der Waals surface area contributed by atoms with E-state index in [9.17, 15) is 14.7 Å². The molecular weight excluding hydrogens is 448 g/mol. The molecule has 1 aliphatic heterocycles. The zero-order chi connectivity index (χ0) is 23.5. The van der Waals surface area contributed by atoms with E-state index in [0.717, 1.165) is 25.2 Å². The summed E-state index contributed by atoms with van der Waals surface area (Å²) in [6.45, 7) is 8.00. The highest BCUT2D eigenvalue weighted by molar-refractivity contribution is 5.94. The summed E-state index contributed by atoms with van der Waals surface area (Å²) in [5, 5.41) is 25.8. The van der Waals surface area contributed by atoms with Crippen LogP contribution in [0, 0.1) is 11.3 Å². The number of nitrogen functional groups attached to an aromatic ring is 1. The van der Waals surface area contributed by atoms with Crippen LogP contribution in [0.4, 0.5) is 0 Å². The highest BCUT2D eigenvalue weighted by Gasteiger charge is 2.27. The molecule has 0 radical (unpaired) electrons. The Bertz CT molecular complexity index is 756. The SMILES string of the molecule is CC(C)C(NC(=O)C(CO)NCc1ccc(C(=N)N)cc1)C(=O)NCCN1CCOCC1.Cl. The first-order chi connectivity index (χ1) is 15.3. The molecule has 0 spiro atoms. The molecule has 2 rings (SSSR count). The second-order valence-electron chi connectivity index (χ2n) is 8.20. The van der Waals surface area contributed by atoms with Gasteiger partial charge in [-0.05, 0) is 11.5 Å². The van der Waals surface area contributed by atoms with Gasteiger partial charge < -0.3 is 26.2 Å². The molecule has 0 bridgehead atoms. The molecule has 1 fully saturated rings. The van der Waals surface area contributed by atoms with Gasteiger partial charge in [0.25, 0.3) is 0 Å². The van der Waals surface area contributed by atoms with Crippen molar-refractivity contribution in [2.24, 2.45) is 11.7 Å². The minimum absolute atomic E-state index is 0. The number of nitrogens with one attached hydrogen (secondary N) is 4. The van der Waals surface area contributed by atoms with Crippen LogP contribution in [0.5, 0.6) is 0 Å². The molecule has 1 aromatic rings. The lowest BCUT2D eigenvalue weighted by Gasteiger charge is -2.28. The van der Waals surface area contributed by atoms with Gasteiger partial charge >= 0.3 is 0 Å². The lowest BCUT2D eigenvalue weighted by atomic mass is 10.0. The molecule has 0 aliphatic carbocycles. The van der Waals surface area contributed by atoms with Gasteiger partial charge in [0.1, 0.15) is 17.9 Å². The van der Waals surface area contributed by atoms with Gasteiger partial charge in [0, 0.05) is 38.3 Å². The van der Waals surface area contributed by atoms with E-state index in [2.05, 4.69) is 20.9 Å². The maximum absolute atomic E-state index is 12.7. The van der Waals surface area contributed by atoms with Crippen molar-refractivity contribution >= 4 is 30.1 Å². The van der Waals surface area contributed by atoms with Gasteiger partial charge in [0.2, 0.25) is 11.8 Å². The number of nitrogens with two attached hydrogens (primary N) is 1. The third-order valence-electron chi connectivity index (χ3n) is 5.39. The number of amides is 2. The Kier molecular flexibility index (Phi) is 12.9. The minimum Gasteiger partial charge on any atom is -0.394 e. The largest absolute Gasteiger partial charge is 0.394 e. The number of ether oxygens (including phenoxy) is 1. The molecule has 186 valence electrons. The van der Waals surface area contributed by atoms with Crippen molar-refractivity contribution in [3.63, 3.8) is 0 Å². The number of hydrogen-bond donors (Lipinski definition) is 6. The van der Waals surface area contributed by atoms with Crippen molar-refractivity contribution in [3.8, 4) is 0 Å². The fraction of sp³-hybridized carbons (Fsp3) is 0.591. The molecule has 10 nitrogen and oxygen atoms in total. The molecular formula is C22H37ClN6O4. The summed E-state index contributed by atoms with van der Waals surface area (Å²) < 4.78 is 5.32. The van der Waals surface area contributed by atoms with Crippen LogP contribution in [0.1, 0.15) is 25.0 Å². The number of benzene rings is 1.